The normalized spacial score (nSPS) is 16.8. The van der Waals surface area contributed by atoms with Gasteiger partial charge >= 0.3 is 0 Å². The molecule has 0 aliphatic heterocycles. The fraction of sp³-hybridized carbons (Fsp3) is 1.00. The van der Waals surface area contributed by atoms with Gasteiger partial charge in [-0.2, -0.15) is 0 Å². The summed E-state index contributed by atoms with van der Waals surface area (Å²) in [7, 11) is 2.03. The zero-order valence-corrected chi connectivity index (χ0v) is 7.83. The summed E-state index contributed by atoms with van der Waals surface area (Å²) in [5.41, 5.74) is 0.531. The van der Waals surface area contributed by atoms with Gasteiger partial charge in [-0.3, -0.25) is 0 Å². The van der Waals surface area contributed by atoms with Crippen molar-refractivity contribution >= 4 is 0 Å². The molecule has 62 valence electrons. The smallest absolute Gasteiger partial charge is 0.000205 e. The number of rotatable bonds is 5. The maximum Gasteiger partial charge on any atom is 0.000205 e. The van der Waals surface area contributed by atoms with Crippen LogP contribution in [0.1, 0.15) is 40.0 Å². The summed E-state index contributed by atoms with van der Waals surface area (Å²) < 4.78 is 0. The van der Waals surface area contributed by atoms with Gasteiger partial charge in [0.15, 0.2) is 0 Å². The lowest BCUT2D eigenvalue weighted by atomic mass is 9.83. The van der Waals surface area contributed by atoms with Crippen molar-refractivity contribution < 1.29 is 0 Å². The zero-order chi connectivity index (χ0) is 8.04. The average Bonchev–Trinajstić information content (AvgIpc) is 1.89. The molecule has 0 aromatic heterocycles. The minimum absolute atomic E-state index is 0.531. The molecule has 0 saturated carbocycles. The lowest BCUT2D eigenvalue weighted by Gasteiger charge is -2.27. The number of hydrogen-bond donors (Lipinski definition) is 1. The van der Waals surface area contributed by atoms with Crippen LogP contribution in [0.25, 0.3) is 0 Å². The molecule has 0 fully saturated rings. The Morgan fingerprint density at radius 2 is 1.90 bits per heavy atom. The van der Waals surface area contributed by atoms with E-state index in [4.69, 9.17) is 0 Å². The quantitative estimate of drug-likeness (QED) is 0.623. The Bertz CT molecular complexity index is 72.8. The maximum atomic E-state index is 3.24. The van der Waals surface area contributed by atoms with E-state index in [1.165, 1.54) is 19.3 Å². The van der Waals surface area contributed by atoms with Crippen molar-refractivity contribution in [1.82, 2.24) is 5.32 Å². The van der Waals surface area contributed by atoms with E-state index in [0.29, 0.717) is 5.41 Å². The van der Waals surface area contributed by atoms with Crippen molar-refractivity contribution in [2.24, 2.45) is 5.41 Å². The monoisotopic (exact) mass is 143 g/mol. The molecule has 0 bridgehead atoms. The summed E-state index contributed by atoms with van der Waals surface area (Å²) in [6, 6.07) is 0. The standard InChI is InChI=1S/C9H21N/c1-5-7-9(3,6-2)8-10-4/h10H,5-8H2,1-4H3/t9-/m0/s1. The number of nitrogens with one attached hydrogen (secondary N) is 1. The maximum absolute atomic E-state index is 3.24. The topological polar surface area (TPSA) is 12.0 Å². The van der Waals surface area contributed by atoms with Crippen molar-refractivity contribution in [2.45, 2.75) is 40.0 Å². The molecule has 1 atom stereocenters. The highest BCUT2D eigenvalue weighted by molar-refractivity contribution is 4.73. The zero-order valence-electron chi connectivity index (χ0n) is 7.83. The van der Waals surface area contributed by atoms with Crippen molar-refractivity contribution in [2.75, 3.05) is 13.6 Å². The van der Waals surface area contributed by atoms with Gasteiger partial charge in [-0.1, -0.05) is 27.2 Å². The fourth-order valence-corrected chi connectivity index (χ4v) is 1.42. The second kappa shape index (κ2) is 4.73. The van der Waals surface area contributed by atoms with Crippen LogP contribution in [0.4, 0.5) is 0 Å². The fourth-order valence-electron chi connectivity index (χ4n) is 1.42. The van der Waals surface area contributed by atoms with E-state index >= 15 is 0 Å². The Hall–Kier alpha value is -0.0400. The van der Waals surface area contributed by atoms with E-state index in [1.807, 2.05) is 7.05 Å². The molecule has 1 heteroatoms. The molecule has 0 aliphatic rings. The van der Waals surface area contributed by atoms with Gasteiger partial charge in [0.2, 0.25) is 0 Å². The first kappa shape index (κ1) is 9.96. The first-order chi connectivity index (χ1) is 4.68. The van der Waals surface area contributed by atoms with Gasteiger partial charge in [-0.15, -0.1) is 0 Å². The van der Waals surface area contributed by atoms with Crippen LogP contribution in [0.2, 0.25) is 0 Å². The van der Waals surface area contributed by atoms with E-state index in [1.54, 1.807) is 0 Å². The molecule has 0 heterocycles. The van der Waals surface area contributed by atoms with Crippen LogP contribution in [0.15, 0.2) is 0 Å². The summed E-state index contributed by atoms with van der Waals surface area (Å²) in [5, 5.41) is 3.24. The van der Waals surface area contributed by atoms with Gasteiger partial charge in [0.1, 0.15) is 0 Å². The minimum Gasteiger partial charge on any atom is -0.319 e. The molecule has 0 aromatic rings. The predicted molar refractivity (Wildman–Crippen MR) is 47.2 cm³/mol. The summed E-state index contributed by atoms with van der Waals surface area (Å²) in [6.45, 7) is 8.03. The number of hydrogen-bond acceptors (Lipinski definition) is 1. The van der Waals surface area contributed by atoms with Gasteiger partial charge in [0, 0.05) is 6.54 Å². The molecule has 0 amide bonds. The summed E-state index contributed by atoms with van der Waals surface area (Å²) in [5.74, 6) is 0. The molecule has 1 N–H and O–H groups in total. The Labute approximate surface area is 65.2 Å². The van der Waals surface area contributed by atoms with E-state index in [9.17, 15) is 0 Å². The van der Waals surface area contributed by atoms with Crippen LogP contribution in [-0.4, -0.2) is 13.6 Å². The second-order valence-electron chi connectivity index (χ2n) is 3.44. The van der Waals surface area contributed by atoms with E-state index in [2.05, 4.69) is 26.1 Å². The first-order valence-corrected chi connectivity index (χ1v) is 4.33. The predicted octanol–water partition coefficient (Wildman–Crippen LogP) is 2.42. The molecule has 0 spiro atoms. The molecule has 0 aliphatic carbocycles. The third-order valence-corrected chi connectivity index (χ3v) is 2.31. The molecular weight excluding hydrogens is 122 g/mol. The van der Waals surface area contributed by atoms with Crippen molar-refractivity contribution in [3.8, 4) is 0 Å². The third kappa shape index (κ3) is 3.21. The Morgan fingerprint density at radius 1 is 1.30 bits per heavy atom. The Morgan fingerprint density at radius 3 is 2.20 bits per heavy atom. The second-order valence-corrected chi connectivity index (χ2v) is 3.44. The highest BCUT2D eigenvalue weighted by Crippen LogP contribution is 2.25. The molecule has 0 unspecified atom stereocenters. The van der Waals surface area contributed by atoms with E-state index in [0.717, 1.165) is 6.54 Å². The van der Waals surface area contributed by atoms with Gasteiger partial charge in [-0.05, 0) is 25.3 Å². The third-order valence-electron chi connectivity index (χ3n) is 2.31. The molecule has 0 aromatic carbocycles. The van der Waals surface area contributed by atoms with Crippen molar-refractivity contribution in [3.63, 3.8) is 0 Å². The summed E-state index contributed by atoms with van der Waals surface area (Å²) >= 11 is 0. The van der Waals surface area contributed by atoms with E-state index in [-0.39, 0.29) is 0 Å². The van der Waals surface area contributed by atoms with Crippen LogP contribution >= 0.6 is 0 Å². The highest BCUT2D eigenvalue weighted by atomic mass is 14.8. The molecular formula is C9H21N. The first-order valence-electron chi connectivity index (χ1n) is 4.33. The Balaban J connectivity index is 3.69. The molecule has 10 heavy (non-hydrogen) atoms. The van der Waals surface area contributed by atoms with Crippen molar-refractivity contribution in [1.29, 1.82) is 0 Å². The molecule has 0 radical (unpaired) electrons. The largest absolute Gasteiger partial charge is 0.319 e. The van der Waals surface area contributed by atoms with Crippen LogP contribution < -0.4 is 5.32 Å². The summed E-state index contributed by atoms with van der Waals surface area (Å²) in [4.78, 5) is 0. The Kier molecular flexibility index (Phi) is 4.71. The molecule has 0 rings (SSSR count). The van der Waals surface area contributed by atoms with Crippen LogP contribution in [0.5, 0.6) is 0 Å². The summed E-state index contributed by atoms with van der Waals surface area (Å²) in [6.07, 6.45) is 3.91. The van der Waals surface area contributed by atoms with Crippen molar-refractivity contribution in [3.05, 3.63) is 0 Å². The van der Waals surface area contributed by atoms with Gasteiger partial charge in [0.05, 0.1) is 0 Å². The lowest BCUT2D eigenvalue weighted by Crippen LogP contribution is -2.28. The molecule has 1 nitrogen and oxygen atoms in total. The van der Waals surface area contributed by atoms with Crippen LogP contribution in [0.3, 0.4) is 0 Å². The van der Waals surface area contributed by atoms with Gasteiger partial charge in [0.25, 0.3) is 0 Å². The molecule has 0 saturated heterocycles. The highest BCUT2D eigenvalue weighted by Gasteiger charge is 2.18. The van der Waals surface area contributed by atoms with E-state index < -0.39 is 0 Å². The average molecular weight is 143 g/mol. The van der Waals surface area contributed by atoms with Gasteiger partial charge < -0.3 is 5.32 Å². The lowest BCUT2D eigenvalue weighted by molar-refractivity contribution is 0.274. The van der Waals surface area contributed by atoms with Crippen LogP contribution in [-0.2, 0) is 0 Å². The van der Waals surface area contributed by atoms with Crippen LogP contribution in [0, 0.1) is 5.41 Å². The van der Waals surface area contributed by atoms with Gasteiger partial charge in [-0.25, -0.2) is 0 Å². The SMILES string of the molecule is CCC[C@](C)(CC)CNC. The minimum atomic E-state index is 0.531.